The average Bonchev–Trinajstić information content (AvgIpc) is 2.97. The Kier molecular flexibility index (Phi) is 3.58. The van der Waals surface area contributed by atoms with Gasteiger partial charge in [0.1, 0.15) is 11.7 Å². The third-order valence-corrected chi connectivity index (χ3v) is 3.62. The van der Waals surface area contributed by atoms with Gasteiger partial charge < -0.3 is 9.32 Å². The Hall–Kier alpha value is -2.77. The van der Waals surface area contributed by atoms with Crippen molar-refractivity contribution in [2.45, 2.75) is 0 Å². The second kappa shape index (κ2) is 5.55. The molecular weight excluding hydrogens is 300 g/mol. The van der Waals surface area contributed by atoms with Gasteiger partial charge in [0, 0.05) is 17.5 Å². The molecule has 0 aliphatic carbocycles. The van der Waals surface area contributed by atoms with Gasteiger partial charge in [0.05, 0.1) is 11.3 Å². The van der Waals surface area contributed by atoms with Crippen molar-refractivity contribution in [3.05, 3.63) is 64.9 Å². The summed E-state index contributed by atoms with van der Waals surface area (Å²) in [5.41, 5.74) is 1.46. The number of halogens is 1. The minimum Gasteiger partial charge on any atom is -0.451 e. The molecule has 0 fully saturated rings. The van der Waals surface area contributed by atoms with Crippen LogP contribution in [0.2, 0.25) is 5.02 Å². The van der Waals surface area contributed by atoms with Crippen LogP contribution in [0.5, 0.6) is 0 Å². The van der Waals surface area contributed by atoms with Crippen LogP contribution in [0.15, 0.2) is 52.9 Å². The highest BCUT2D eigenvalue weighted by atomic mass is 35.5. The average molecular weight is 311 g/mol. The van der Waals surface area contributed by atoms with E-state index in [1.54, 1.807) is 37.4 Å². The number of carbonyl (C=O) groups is 1. The van der Waals surface area contributed by atoms with Crippen LogP contribution in [0.3, 0.4) is 0 Å². The predicted octanol–water partition coefficient (Wildman–Crippen LogP) is 4.23. The fraction of sp³-hybridized carbons (Fsp3) is 0.0588. The zero-order chi connectivity index (χ0) is 15.7. The Bertz CT molecular complexity index is 875. The van der Waals surface area contributed by atoms with Crippen LogP contribution in [-0.4, -0.2) is 13.0 Å². The summed E-state index contributed by atoms with van der Waals surface area (Å²) in [4.78, 5) is 13.9. The number of furan rings is 1. The second-order valence-electron chi connectivity index (χ2n) is 4.79. The Morgan fingerprint density at radius 2 is 2.00 bits per heavy atom. The maximum Gasteiger partial charge on any atom is 0.293 e. The first-order valence-electron chi connectivity index (χ1n) is 6.56. The van der Waals surface area contributed by atoms with E-state index in [1.165, 1.54) is 4.90 Å². The van der Waals surface area contributed by atoms with Crippen LogP contribution in [0.4, 0.5) is 5.69 Å². The summed E-state index contributed by atoms with van der Waals surface area (Å²) in [6.45, 7) is 0. The lowest BCUT2D eigenvalue weighted by Gasteiger charge is -2.17. The lowest BCUT2D eigenvalue weighted by Crippen LogP contribution is -2.26. The fourth-order valence-electron chi connectivity index (χ4n) is 2.24. The van der Waals surface area contributed by atoms with Crippen molar-refractivity contribution in [3.8, 4) is 6.07 Å². The molecule has 108 valence electrons. The molecule has 4 nitrogen and oxygen atoms in total. The molecule has 0 bridgehead atoms. The lowest BCUT2D eigenvalue weighted by atomic mass is 10.1. The molecule has 0 spiro atoms. The molecule has 5 heteroatoms. The van der Waals surface area contributed by atoms with Crippen LogP contribution >= 0.6 is 11.6 Å². The fourth-order valence-corrected chi connectivity index (χ4v) is 2.41. The predicted molar refractivity (Wildman–Crippen MR) is 85.1 cm³/mol. The molecule has 1 aromatic heterocycles. The molecule has 1 amide bonds. The SMILES string of the molecule is CN(C(=O)c1cc2ccccc2o1)c1cc(Cl)ccc1C#N. The van der Waals surface area contributed by atoms with E-state index in [4.69, 9.17) is 16.0 Å². The first-order chi connectivity index (χ1) is 10.6. The van der Waals surface area contributed by atoms with E-state index in [0.29, 0.717) is 21.9 Å². The molecule has 3 aromatic rings. The van der Waals surface area contributed by atoms with Crippen LogP contribution in [-0.2, 0) is 0 Å². The van der Waals surface area contributed by atoms with Gasteiger partial charge in [0.2, 0.25) is 0 Å². The number of hydrogen-bond acceptors (Lipinski definition) is 3. The summed E-state index contributed by atoms with van der Waals surface area (Å²) in [6.07, 6.45) is 0. The van der Waals surface area contributed by atoms with Crippen molar-refractivity contribution in [1.82, 2.24) is 0 Å². The summed E-state index contributed by atoms with van der Waals surface area (Å²) in [5.74, 6) is -0.123. The van der Waals surface area contributed by atoms with Crippen molar-refractivity contribution in [2.75, 3.05) is 11.9 Å². The molecule has 3 rings (SSSR count). The van der Waals surface area contributed by atoms with Gasteiger partial charge in [-0.1, -0.05) is 29.8 Å². The van der Waals surface area contributed by atoms with E-state index in [-0.39, 0.29) is 11.7 Å². The lowest BCUT2D eigenvalue weighted by molar-refractivity contribution is 0.0968. The number of benzene rings is 2. The van der Waals surface area contributed by atoms with E-state index < -0.39 is 0 Å². The Morgan fingerprint density at radius 1 is 1.23 bits per heavy atom. The maximum atomic E-state index is 12.6. The van der Waals surface area contributed by atoms with Crippen molar-refractivity contribution in [2.24, 2.45) is 0 Å². The number of rotatable bonds is 2. The van der Waals surface area contributed by atoms with Crippen molar-refractivity contribution >= 4 is 34.2 Å². The van der Waals surface area contributed by atoms with E-state index >= 15 is 0 Å². The maximum absolute atomic E-state index is 12.6. The zero-order valence-corrected chi connectivity index (χ0v) is 12.5. The normalized spacial score (nSPS) is 10.4. The molecule has 0 radical (unpaired) electrons. The van der Waals surface area contributed by atoms with Gasteiger partial charge in [-0.15, -0.1) is 0 Å². The summed E-state index contributed by atoms with van der Waals surface area (Å²) in [7, 11) is 1.59. The van der Waals surface area contributed by atoms with Crippen LogP contribution in [0.1, 0.15) is 16.1 Å². The second-order valence-corrected chi connectivity index (χ2v) is 5.22. The Labute approximate surface area is 132 Å². The molecule has 2 aromatic carbocycles. The molecule has 0 unspecified atom stereocenters. The van der Waals surface area contributed by atoms with Gasteiger partial charge in [-0.3, -0.25) is 4.79 Å². The molecule has 0 atom stereocenters. The Balaban J connectivity index is 2.01. The quantitative estimate of drug-likeness (QED) is 0.711. The van der Waals surface area contributed by atoms with Gasteiger partial charge in [-0.25, -0.2) is 0 Å². The van der Waals surface area contributed by atoms with Gasteiger partial charge >= 0.3 is 0 Å². The summed E-state index contributed by atoms with van der Waals surface area (Å²) in [5, 5.41) is 10.5. The molecule has 0 saturated heterocycles. The monoisotopic (exact) mass is 310 g/mol. The minimum absolute atomic E-state index is 0.215. The molecule has 0 aliphatic rings. The van der Waals surface area contributed by atoms with Crippen molar-refractivity contribution < 1.29 is 9.21 Å². The highest BCUT2D eigenvalue weighted by molar-refractivity contribution is 6.31. The van der Waals surface area contributed by atoms with Crippen LogP contribution in [0.25, 0.3) is 11.0 Å². The van der Waals surface area contributed by atoms with Gasteiger partial charge in [0.25, 0.3) is 5.91 Å². The Morgan fingerprint density at radius 3 is 2.73 bits per heavy atom. The topological polar surface area (TPSA) is 57.2 Å². The van der Waals surface area contributed by atoms with E-state index in [0.717, 1.165) is 5.39 Å². The summed E-state index contributed by atoms with van der Waals surface area (Å²) < 4.78 is 5.57. The zero-order valence-electron chi connectivity index (χ0n) is 11.7. The number of para-hydroxylation sites is 1. The highest BCUT2D eigenvalue weighted by Gasteiger charge is 2.20. The van der Waals surface area contributed by atoms with E-state index in [2.05, 4.69) is 6.07 Å². The largest absolute Gasteiger partial charge is 0.451 e. The number of anilines is 1. The van der Waals surface area contributed by atoms with Gasteiger partial charge in [-0.2, -0.15) is 5.26 Å². The van der Waals surface area contributed by atoms with Crippen molar-refractivity contribution in [1.29, 1.82) is 5.26 Å². The minimum atomic E-state index is -0.338. The summed E-state index contributed by atoms with van der Waals surface area (Å²) >= 11 is 5.96. The van der Waals surface area contributed by atoms with Gasteiger partial charge in [-0.05, 0) is 30.3 Å². The molecule has 1 heterocycles. The first-order valence-corrected chi connectivity index (χ1v) is 6.94. The number of fused-ring (bicyclic) bond motifs is 1. The first kappa shape index (κ1) is 14.2. The molecular formula is C17H11ClN2O2. The van der Waals surface area contributed by atoms with Crippen LogP contribution in [0, 0.1) is 11.3 Å². The molecule has 0 saturated carbocycles. The highest BCUT2D eigenvalue weighted by Crippen LogP contribution is 2.26. The number of carbonyl (C=O) groups excluding carboxylic acids is 1. The number of nitrogens with zero attached hydrogens (tertiary/aromatic N) is 2. The number of nitriles is 1. The van der Waals surface area contributed by atoms with E-state index in [1.807, 2.05) is 18.2 Å². The van der Waals surface area contributed by atoms with Crippen molar-refractivity contribution in [3.63, 3.8) is 0 Å². The molecule has 0 aliphatic heterocycles. The molecule has 0 N–H and O–H groups in total. The standard InChI is InChI=1S/C17H11ClN2O2/c1-20(14-9-13(18)7-6-12(14)10-19)17(21)16-8-11-4-2-3-5-15(11)22-16/h2-9H,1H3. The summed E-state index contributed by atoms with van der Waals surface area (Å²) in [6, 6.07) is 15.9. The number of hydrogen-bond donors (Lipinski definition) is 0. The number of amides is 1. The van der Waals surface area contributed by atoms with Gasteiger partial charge in [0.15, 0.2) is 5.76 Å². The third-order valence-electron chi connectivity index (χ3n) is 3.38. The van der Waals surface area contributed by atoms with Crippen LogP contribution < -0.4 is 4.90 Å². The molecule has 22 heavy (non-hydrogen) atoms. The third kappa shape index (κ3) is 2.43. The smallest absolute Gasteiger partial charge is 0.293 e. The van der Waals surface area contributed by atoms with E-state index in [9.17, 15) is 10.1 Å².